The van der Waals surface area contributed by atoms with Crippen molar-refractivity contribution >= 4 is 25.7 Å². The summed E-state index contributed by atoms with van der Waals surface area (Å²) < 4.78 is 32.7. The fraction of sp³-hybridized carbons (Fsp3) is 0.750. The first-order valence-corrected chi connectivity index (χ1v) is 23.2. The summed E-state index contributed by atoms with van der Waals surface area (Å²) in [6, 6.07) is -1.52. The van der Waals surface area contributed by atoms with E-state index in [-0.39, 0.29) is 19.4 Å². The zero-order valence-electron chi connectivity index (χ0n) is 35.0. The van der Waals surface area contributed by atoms with Crippen LogP contribution in [-0.2, 0) is 37.5 Å². The zero-order chi connectivity index (χ0) is 41.4. The molecular formula is C44H78NO10P. The fourth-order valence-corrected chi connectivity index (χ4v) is 6.48. The van der Waals surface area contributed by atoms with Crippen LogP contribution in [0.1, 0.15) is 181 Å². The Hall–Kier alpha value is -2.56. The number of aliphatic carboxylic acids is 1. The van der Waals surface area contributed by atoms with Crippen LogP contribution in [0.4, 0.5) is 0 Å². The Balaban J connectivity index is 4.40. The number of rotatable bonds is 40. The molecule has 56 heavy (non-hydrogen) atoms. The molecular weight excluding hydrogens is 733 g/mol. The fourth-order valence-electron chi connectivity index (χ4n) is 5.70. The number of nitrogens with two attached hydrogens (primary N) is 1. The molecule has 0 saturated carbocycles. The lowest BCUT2D eigenvalue weighted by Gasteiger charge is -2.20. The Kier molecular flexibility index (Phi) is 37.5. The third-order valence-electron chi connectivity index (χ3n) is 9.09. The third kappa shape index (κ3) is 38.3. The first-order chi connectivity index (χ1) is 27.1. The average molecular weight is 812 g/mol. The lowest BCUT2D eigenvalue weighted by atomic mass is 10.0. The maximum atomic E-state index is 12.6. The molecule has 11 nitrogen and oxygen atoms in total. The van der Waals surface area contributed by atoms with Crippen molar-refractivity contribution in [2.75, 3.05) is 19.8 Å². The molecule has 324 valence electrons. The Morgan fingerprint density at radius 3 is 1.50 bits per heavy atom. The van der Waals surface area contributed by atoms with Gasteiger partial charge < -0.3 is 25.2 Å². The molecule has 0 aliphatic heterocycles. The number of unbranched alkanes of at least 4 members (excludes halogenated alkanes) is 18. The SMILES string of the molecule is CC/C=C\C/C=C\C/C=C\C/C=C\CCCCCCC(=O)OC[C@H](COP(=O)(O)OC[C@H](N)C(=O)O)OC(=O)CCCCCCCCCCCCCCCCC. The summed E-state index contributed by atoms with van der Waals surface area (Å²) in [5.74, 6) is -2.41. The van der Waals surface area contributed by atoms with Crippen LogP contribution in [0.25, 0.3) is 0 Å². The minimum absolute atomic E-state index is 0.157. The normalized spacial score (nSPS) is 14.2. The van der Waals surface area contributed by atoms with E-state index in [0.717, 1.165) is 70.6 Å². The van der Waals surface area contributed by atoms with Gasteiger partial charge in [0.2, 0.25) is 0 Å². The predicted molar refractivity (Wildman–Crippen MR) is 226 cm³/mol. The van der Waals surface area contributed by atoms with E-state index in [1.807, 2.05) is 0 Å². The van der Waals surface area contributed by atoms with Crippen LogP contribution in [-0.4, -0.2) is 59.9 Å². The average Bonchev–Trinajstić information content (AvgIpc) is 3.17. The summed E-state index contributed by atoms with van der Waals surface area (Å²) in [5.41, 5.74) is 5.33. The van der Waals surface area contributed by atoms with E-state index in [4.69, 9.17) is 24.8 Å². The van der Waals surface area contributed by atoms with Gasteiger partial charge in [0.05, 0.1) is 13.2 Å². The monoisotopic (exact) mass is 812 g/mol. The van der Waals surface area contributed by atoms with Crippen LogP contribution in [0.3, 0.4) is 0 Å². The highest BCUT2D eigenvalue weighted by Gasteiger charge is 2.28. The molecule has 0 rings (SSSR count). The molecule has 0 saturated heterocycles. The van der Waals surface area contributed by atoms with Gasteiger partial charge in [-0.15, -0.1) is 0 Å². The van der Waals surface area contributed by atoms with Gasteiger partial charge in [-0.1, -0.05) is 165 Å². The second-order valence-corrected chi connectivity index (χ2v) is 15.9. The molecule has 12 heteroatoms. The van der Waals surface area contributed by atoms with Gasteiger partial charge >= 0.3 is 25.7 Å². The molecule has 1 unspecified atom stereocenters. The van der Waals surface area contributed by atoms with E-state index in [2.05, 4.69) is 67.0 Å². The number of carbonyl (C=O) groups is 3. The molecule has 0 aromatic heterocycles. The Bertz CT molecular complexity index is 1140. The molecule has 4 N–H and O–H groups in total. The highest BCUT2D eigenvalue weighted by molar-refractivity contribution is 7.47. The molecule has 0 fully saturated rings. The molecule has 0 heterocycles. The molecule has 0 amide bonds. The predicted octanol–water partition coefficient (Wildman–Crippen LogP) is 11.4. The van der Waals surface area contributed by atoms with Gasteiger partial charge in [-0.05, 0) is 51.4 Å². The summed E-state index contributed by atoms with van der Waals surface area (Å²) in [7, 11) is -4.72. The standard InChI is InChI=1S/C44H78NO10P/c1-3-5-7-9-11-13-15-17-19-20-22-23-25-27-29-31-33-35-42(46)52-37-40(38-53-56(50,51)54-39-41(45)44(48)49)55-43(47)36-34-32-30-28-26-24-21-18-16-14-12-10-8-6-4-2/h5,7,11,13,17,19,22-23,40-41H,3-4,6,8-10,12,14-16,18,20-21,24-39,45H2,1-2H3,(H,48,49)(H,50,51)/b7-5-,13-11-,19-17-,23-22-/t40-,41+/m1/s1. The van der Waals surface area contributed by atoms with Gasteiger partial charge in [0.1, 0.15) is 12.6 Å². The Morgan fingerprint density at radius 2 is 1.00 bits per heavy atom. The van der Waals surface area contributed by atoms with E-state index in [9.17, 15) is 23.8 Å². The second kappa shape index (κ2) is 39.3. The van der Waals surface area contributed by atoms with E-state index in [1.165, 1.54) is 70.6 Å². The summed E-state index contributed by atoms with van der Waals surface area (Å²) in [5, 5.41) is 8.89. The van der Waals surface area contributed by atoms with Crippen molar-refractivity contribution in [3.63, 3.8) is 0 Å². The van der Waals surface area contributed by atoms with Gasteiger partial charge in [0.25, 0.3) is 0 Å². The van der Waals surface area contributed by atoms with Crippen LogP contribution in [0, 0.1) is 0 Å². The number of ether oxygens (including phenoxy) is 2. The number of phosphoric ester groups is 1. The second-order valence-electron chi connectivity index (χ2n) is 14.5. The topological polar surface area (TPSA) is 172 Å². The lowest BCUT2D eigenvalue weighted by Crippen LogP contribution is -2.34. The number of hydrogen-bond acceptors (Lipinski definition) is 9. The summed E-state index contributed by atoms with van der Waals surface area (Å²) in [6.45, 7) is 2.67. The minimum atomic E-state index is -4.72. The van der Waals surface area contributed by atoms with Gasteiger partial charge in [-0.2, -0.15) is 0 Å². The Labute approximate surface area is 339 Å². The summed E-state index contributed by atoms with van der Waals surface area (Å²) >= 11 is 0. The molecule has 0 aliphatic rings. The molecule has 0 spiro atoms. The van der Waals surface area contributed by atoms with E-state index >= 15 is 0 Å². The summed E-state index contributed by atoms with van der Waals surface area (Å²) in [6.07, 6.45) is 43.1. The number of phosphoric acid groups is 1. The smallest absolute Gasteiger partial charge is 0.472 e. The number of carboxylic acid groups (broad SMARTS) is 1. The number of hydrogen-bond donors (Lipinski definition) is 3. The van der Waals surface area contributed by atoms with Gasteiger partial charge in [0.15, 0.2) is 6.10 Å². The van der Waals surface area contributed by atoms with Crippen LogP contribution < -0.4 is 5.73 Å². The maximum Gasteiger partial charge on any atom is 0.472 e. The first-order valence-electron chi connectivity index (χ1n) is 21.7. The van der Waals surface area contributed by atoms with Crippen LogP contribution in [0.2, 0.25) is 0 Å². The lowest BCUT2D eigenvalue weighted by molar-refractivity contribution is -0.161. The minimum Gasteiger partial charge on any atom is -0.480 e. The van der Waals surface area contributed by atoms with Crippen molar-refractivity contribution in [1.82, 2.24) is 0 Å². The highest BCUT2D eigenvalue weighted by atomic mass is 31.2. The number of carboxylic acids is 1. The number of allylic oxidation sites excluding steroid dienone is 8. The number of carbonyl (C=O) groups excluding carboxylic acids is 2. The zero-order valence-corrected chi connectivity index (χ0v) is 35.9. The van der Waals surface area contributed by atoms with Crippen molar-refractivity contribution in [3.8, 4) is 0 Å². The third-order valence-corrected chi connectivity index (χ3v) is 10.0. The quantitative estimate of drug-likeness (QED) is 0.0233. The molecule has 0 radical (unpaired) electrons. The van der Waals surface area contributed by atoms with Crippen molar-refractivity contribution < 1.29 is 47.5 Å². The van der Waals surface area contributed by atoms with Gasteiger partial charge in [-0.3, -0.25) is 23.4 Å². The van der Waals surface area contributed by atoms with Gasteiger partial charge in [0, 0.05) is 12.8 Å². The van der Waals surface area contributed by atoms with Crippen LogP contribution >= 0.6 is 7.82 Å². The van der Waals surface area contributed by atoms with Gasteiger partial charge in [-0.25, -0.2) is 4.57 Å². The number of esters is 2. The van der Waals surface area contributed by atoms with Crippen LogP contribution in [0.15, 0.2) is 48.6 Å². The first kappa shape index (κ1) is 53.4. The summed E-state index contributed by atoms with van der Waals surface area (Å²) in [4.78, 5) is 45.9. The van der Waals surface area contributed by atoms with E-state index in [0.29, 0.717) is 12.8 Å². The van der Waals surface area contributed by atoms with E-state index < -0.39 is 51.1 Å². The molecule has 0 aromatic rings. The van der Waals surface area contributed by atoms with Crippen molar-refractivity contribution in [1.29, 1.82) is 0 Å². The Morgan fingerprint density at radius 1 is 0.571 bits per heavy atom. The van der Waals surface area contributed by atoms with Crippen LogP contribution in [0.5, 0.6) is 0 Å². The van der Waals surface area contributed by atoms with Crippen molar-refractivity contribution in [2.24, 2.45) is 5.73 Å². The maximum absolute atomic E-state index is 12.6. The van der Waals surface area contributed by atoms with Crippen molar-refractivity contribution in [2.45, 2.75) is 193 Å². The largest absolute Gasteiger partial charge is 0.480 e. The molecule has 3 atom stereocenters. The van der Waals surface area contributed by atoms with Crippen molar-refractivity contribution in [3.05, 3.63) is 48.6 Å². The molecule has 0 aliphatic carbocycles. The molecule has 0 bridgehead atoms. The molecule has 0 aromatic carbocycles. The van der Waals surface area contributed by atoms with E-state index in [1.54, 1.807) is 0 Å². The highest BCUT2D eigenvalue weighted by Crippen LogP contribution is 2.43.